The van der Waals surface area contributed by atoms with Gasteiger partial charge in [-0.15, -0.1) is 11.3 Å². The minimum Gasteiger partial charge on any atom is -0.493 e. The summed E-state index contributed by atoms with van der Waals surface area (Å²) in [6.45, 7) is 1.85. The maximum absolute atomic E-state index is 13.5. The Balaban J connectivity index is 1.64. The summed E-state index contributed by atoms with van der Waals surface area (Å²) in [4.78, 5) is 31.3. The molecule has 200 valence electrons. The van der Waals surface area contributed by atoms with Gasteiger partial charge in [0.05, 0.1) is 22.9 Å². The maximum Gasteiger partial charge on any atom is 0.344 e. The number of aryl methyl sites for hydroxylation is 1. The van der Waals surface area contributed by atoms with Crippen molar-refractivity contribution in [3.05, 3.63) is 67.6 Å². The molecule has 1 aliphatic carbocycles. The average Bonchev–Trinajstić information content (AvgIpc) is 3.23. The number of para-hydroxylation sites is 1. The fourth-order valence-electron chi connectivity index (χ4n) is 4.37. The van der Waals surface area contributed by atoms with E-state index in [1.54, 1.807) is 37.7 Å². The van der Waals surface area contributed by atoms with E-state index in [1.165, 1.54) is 17.7 Å². The molecule has 1 aromatic heterocycles. The number of carbonyl (C=O) groups excluding carboxylic acids is 2. The molecular weight excluding hydrogens is 615 g/mol. The average molecular weight is 647 g/mol. The first-order valence-electron chi connectivity index (χ1n) is 12.7. The van der Waals surface area contributed by atoms with Crippen LogP contribution in [0, 0.1) is 3.57 Å². The highest BCUT2D eigenvalue weighted by Crippen LogP contribution is 2.40. The summed E-state index contributed by atoms with van der Waals surface area (Å²) in [6.07, 6.45) is 8.19. The molecule has 0 bridgehead atoms. The molecule has 7 nitrogen and oxygen atoms in total. The van der Waals surface area contributed by atoms with Crippen LogP contribution in [-0.4, -0.2) is 38.4 Å². The molecule has 0 saturated carbocycles. The number of anilines is 1. The van der Waals surface area contributed by atoms with Crippen LogP contribution in [0.2, 0.25) is 0 Å². The Morgan fingerprint density at radius 1 is 1.11 bits per heavy atom. The molecule has 0 spiro atoms. The van der Waals surface area contributed by atoms with Crippen molar-refractivity contribution in [2.45, 2.75) is 45.4 Å². The van der Waals surface area contributed by atoms with Gasteiger partial charge in [0.25, 0.3) is 5.91 Å². The van der Waals surface area contributed by atoms with E-state index < -0.39 is 5.97 Å². The number of amides is 1. The monoisotopic (exact) mass is 646 g/mol. The Labute approximate surface area is 240 Å². The summed E-state index contributed by atoms with van der Waals surface area (Å²) in [5.74, 6) is 0.394. The number of benzene rings is 2. The molecule has 0 saturated heterocycles. The molecule has 0 aliphatic heterocycles. The second-order valence-electron chi connectivity index (χ2n) is 8.80. The highest BCUT2D eigenvalue weighted by atomic mass is 127. The summed E-state index contributed by atoms with van der Waals surface area (Å²) < 4.78 is 16.9. The van der Waals surface area contributed by atoms with Gasteiger partial charge in [0.15, 0.2) is 18.1 Å². The lowest BCUT2D eigenvalue weighted by molar-refractivity contribution is -0.145. The Morgan fingerprint density at radius 3 is 2.61 bits per heavy atom. The molecule has 38 heavy (non-hydrogen) atoms. The quantitative estimate of drug-likeness (QED) is 0.154. The van der Waals surface area contributed by atoms with Crippen LogP contribution < -0.4 is 14.8 Å². The van der Waals surface area contributed by atoms with E-state index in [0.29, 0.717) is 28.7 Å². The largest absolute Gasteiger partial charge is 0.493 e. The van der Waals surface area contributed by atoms with Crippen molar-refractivity contribution in [3.63, 3.8) is 0 Å². The molecule has 2 aromatic carbocycles. The van der Waals surface area contributed by atoms with E-state index in [1.807, 2.05) is 36.4 Å². The van der Waals surface area contributed by atoms with Gasteiger partial charge in [-0.1, -0.05) is 31.0 Å². The van der Waals surface area contributed by atoms with Crippen LogP contribution in [0.3, 0.4) is 0 Å². The first-order valence-corrected chi connectivity index (χ1v) is 14.6. The topological polar surface area (TPSA) is 86.2 Å². The van der Waals surface area contributed by atoms with E-state index in [9.17, 15) is 9.59 Å². The normalized spacial score (nSPS) is 13.3. The van der Waals surface area contributed by atoms with Gasteiger partial charge in [0.2, 0.25) is 0 Å². The number of carbonyl (C=O) groups is 2. The Kier molecular flexibility index (Phi) is 10.2. The van der Waals surface area contributed by atoms with Crippen molar-refractivity contribution in [1.29, 1.82) is 0 Å². The van der Waals surface area contributed by atoms with Gasteiger partial charge in [-0.25, -0.2) is 9.79 Å². The molecule has 1 aliphatic rings. The van der Waals surface area contributed by atoms with E-state index in [0.717, 1.165) is 46.1 Å². The van der Waals surface area contributed by atoms with Crippen LogP contribution in [0.25, 0.3) is 0 Å². The van der Waals surface area contributed by atoms with E-state index in [2.05, 4.69) is 27.9 Å². The minimum absolute atomic E-state index is 0.128. The zero-order valence-corrected chi connectivity index (χ0v) is 24.5. The second-order valence-corrected chi connectivity index (χ2v) is 11.1. The van der Waals surface area contributed by atoms with Gasteiger partial charge in [0, 0.05) is 16.8 Å². The predicted octanol–water partition coefficient (Wildman–Crippen LogP) is 6.97. The van der Waals surface area contributed by atoms with Crippen molar-refractivity contribution in [1.82, 2.24) is 0 Å². The van der Waals surface area contributed by atoms with Crippen LogP contribution in [0.5, 0.6) is 11.5 Å². The number of methoxy groups -OCH3 is 1. The first-order chi connectivity index (χ1) is 18.5. The van der Waals surface area contributed by atoms with E-state index in [-0.39, 0.29) is 12.5 Å². The van der Waals surface area contributed by atoms with E-state index >= 15 is 0 Å². The molecule has 3 aromatic rings. The Morgan fingerprint density at radius 2 is 1.87 bits per heavy atom. The molecule has 0 radical (unpaired) electrons. The van der Waals surface area contributed by atoms with Gasteiger partial charge in [-0.05, 0) is 90.6 Å². The fourth-order valence-corrected chi connectivity index (χ4v) is 6.38. The van der Waals surface area contributed by atoms with Gasteiger partial charge >= 0.3 is 5.97 Å². The summed E-state index contributed by atoms with van der Waals surface area (Å²) in [7, 11) is 1.55. The third kappa shape index (κ3) is 7.13. The fraction of sp³-hybridized carbons (Fsp3) is 0.345. The summed E-state index contributed by atoms with van der Waals surface area (Å²) in [5, 5.41) is 3.76. The zero-order chi connectivity index (χ0) is 26.9. The molecule has 9 heteroatoms. The van der Waals surface area contributed by atoms with Crippen LogP contribution in [-0.2, 0) is 22.4 Å². The summed E-state index contributed by atoms with van der Waals surface area (Å²) in [6, 6.07) is 13.2. The van der Waals surface area contributed by atoms with Crippen molar-refractivity contribution in [3.8, 4) is 11.5 Å². The molecule has 1 amide bonds. The number of hydrogen-bond donors (Lipinski definition) is 1. The maximum atomic E-state index is 13.5. The number of nitrogens with one attached hydrogen (secondary N) is 1. The second kappa shape index (κ2) is 13.7. The van der Waals surface area contributed by atoms with Crippen LogP contribution in [0.4, 0.5) is 10.7 Å². The highest BCUT2D eigenvalue weighted by molar-refractivity contribution is 14.1. The van der Waals surface area contributed by atoms with Crippen molar-refractivity contribution in [2.24, 2.45) is 4.99 Å². The van der Waals surface area contributed by atoms with Crippen molar-refractivity contribution < 1.29 is 23.8 Å². The lowest BCUT2D eigenvalue weighted by Crippen LogP contribution is -2.15. The molecule has 0 unspecified atom stereocenters. The summed E-state index contributed by atoms with van der Waals surface area (Å²) in [5.41, 5.74) is 3.36. The Bertz CT molecular complexity index is 1310. The smallest absolute Gasteiger partial charge is 0.344 e. The number of fused-ring (bicyclic) bond motifs is 1. The van der Waals surface area contributed by atoms with E-state index in [4.69, 9.17) is 19.2 Å². The van der Waals surface area contributed by atoms with Crippen LogP contribution >= 0.6 is 33.9 Å². The van der Waals surface area contributed by atoms with Crippen molar-refractivity contribution >= 4 is 62.7 Å². The lowest BCUT2D eigenvalue weighted by atomic mass is 9.96. The van der Waals surface area contributed by atoms with Gasteiger partial charge in [0.1, 0.15) is 5.00 Å². The number of nitrogens with zero attached hydrogens (tertiary/aromatic N) is 1. The highest BCUT2D eigenvalue weighted by Gasteiger charge is 2.24. The number of rotatable bonds is 9. The lowest BCUT2D eigenvalue weighted by Gasteiger charge is -2.13. The van der Waals surface area contributed by atoms with Gasteiger partial charge in [-0.2, -0.15) is 0 Å². The molecule has 0 atom stereocenters. The molecule has 4 rings (SSSR count). The number of hydrogen-bond acceptors (Lipinski definition) is 7. The minimum atomic E-state index is -0.439. The molecule has 1 N–H and O–H groups in total. The number of thiophene rings is 1. The number of halogens is 1. The zero-order valence-electron chi connectivity index (χ0n) is 21.6. The third-order valence-corrected chi connectivity index (χ3v) is 8.13. The third-order valence-electron chi connectivity index (χ3n) is 6.13. The summed E-state index contributed by atoms with van der Waals surface area (Å²) >= 11 is 3.75. The molecular formula is C29H31IN2O5S. The van der Waals surface area contributed by atoms with Crippen molar-refractivity contribution in [2.75, 3.05) is 25.6 Å². The standard InChI is InChI=1S/C29H31IN2O5S/c1-3-36-25(33)18-37-27-22(30)15-19(16-23(27)35-2)17-31-29-26(28(34)32-20-11-7-6-8-12-20)21-13-9-4-5-10-14-24(21)38-29/h6-8,11-12,15-17H,3-5,9-10,13-14,18H2,1-2H3,(H,32,34). The Hall–Kier alpha value is -2.92. The number of aliphatic imine (C=N–C) groups is 1. The number of esters is 1. The molecule has 1 heterocycles. The number of ether oxygens (including phenoxy) is 3. The predicted molar refractivity (Wildman–Crippen MR) is 160 cm³/mol. The first kappa shape index (κ1) is 28.1. The van der Waals surface area contributed by atoms with Crippen LogP contribution in [0.15, 0.2) is 47.5 Å². The van der Waals surface area contributed by atoms with Gasteiger partial charge < -0.3 is 19.5 Å². The SMILES string of the molecule is CCOC(=O)COc1c(I)cc(C=Nc2sc3c(c2C(=O)Nc2ccccc2)CCCCCC3)cc1OC. The molecule has 0 fully saturated rings. The van der Waals surface area contributed by atoms with Crippen LogP contribution in [0.1, 0.15) is 59.0 Å². The van der Waals surface area contributed by atoms with Gasteiger partial charge in [-0.3, -0.25) is 4.79 Å².